The summed E-state index contributed by atoms with van der Waals surface area (Å²) in [4.78, 5) is 47.3. The maximum Gasteiger partial charge on any atom is 0.309 e. The van der Waals surface area contributed by atoms with Gasteiger partial charge in [-0.25, -0.2) is 0 Å². The number of pyridine rings is 1. The van der Waals surface area contributed by atoms with Crippen molar-refractivity contribution in [3.8, 4) is 11.5 Å². The van der Waals surface area contributed by atoms with Gasteiger partial charge in [-0.3, -0.25) is 19.4 Å². The standard InChI is InChI=1S/C26H31N3O6/c1-5-35-26(32)16-8-11-29(12-9-16)25(31)22-18-13-20(33-3)21(34-4)14-19(18)24(30)28(2)23(22)17-7-6-10-27-15-17/h6-7,10,13-16,22-23H,5,8-9,11-12H2,1-4H3/t22-,23+/m1/s1. The highest BCUT2D eigenvalue weighted by Gasteiger charge is 2.45. The third-order valence-corrected chi connectivity index (χ3v) is 6.89. The quantitative estimate of drug-likeness (QED) is 0.585. The Morgan fingerprint density at radius 3 is 2.40 bits per heavy atom. The Kier molecular flexibility index (Phi) is 7.23. The Morgan fingerprint density at radius 2 is 1.80 bits per heavy atom. The third kappa shape index (κ3) is 4.54. The van der Waals surface area contributed by atoms with Crippen LogP contribution in [0.25, 0.3) is 0 Å². The average molecular weight is 482 g/mol. The number of fused-ring (bicyclic) bond motifs is 1. The zero-order chi connectivity index (χ0) is 25.1. The van der Waals surface area contributed by atoms with Gasteiger partial charge in [0.05, 0.1) is 38.7 Å². The number of piperidine rings is 1. The number of carbonyl (C=O) groups is 3. The summed E-state index contributed by atoms with van der Waals surface area (Å²) >= 11 is 0. The first-order valence-electron chi connectivity index (χ1n) is 11.8. The fraction of sp³-hybridized carbons (Fsp3) is 0.462. The number of aromatic nitrogens is 1. The third-order valence-electron chi connectivity index (χ3n) is 6.89. The zero-order valence-electron chi connectivity index (χ0n) is 20.5. The van der Waals surface area contributed by atoms with Crippen LogP contribution >= 0.6 is 0 Å². The molecule has 0 aliphatic carbocycles. The minimum atomic E-state index is -0.671. The van der Waals surface area contributed by atoms with Gasteiger partial charge in [0.15, 0.2) is 11.5 Å². The van der Waals surface area contributed by atoms with E-state index in [0.29, 0.717) is 55.2 Å². The van der Waals surface area contributed by atoms with Gasteiger partial charge in [0.2, 0.25) is 5.91 Å². The smallest absolute Gasteiger partial charge is 0.309 e. The predicted octanol–water partition coefficient (Wildman–Crippen LogP) is 2.81. The lowest BCUT2D eigenvalue weighted by molar-refractivity contribution is -0.151. The van der Waals surface area contributed by atoms with Crippen molar-refractivity contribution in [1.82, 2.24) is 14.8 Å². The Morgan fingerprint density at radius 1 is 1.11 bits per heavy atom. The fourth-order valence-electron chi connectivity index (χ4n) is 5.07. The average Bonchev–Trinajstić information content (AvgIpc) is 2.90. The molecule has 1 saturated heterocycles. The van der Waals surface area contributed by atoms with Crippen LogP contribution in [-0.4, -0.2) is 73.5 Å². The predicted molar refractivity (Wildman–Crippen MR) is 127 cm³/mol. The van der Waals surface area contributed by atoms with Crippen LogP contribution in [0.5, 0.6) is 11.5 Å². The molecule has 0 spiro atoms. The van der Waals surface area contributed by atoms with Crippen LogP contribution in [0.15, 0.2) is 36.7 Å². The fourth-order valence-corrected chi connectivity index (χ4v) is 5.07. The lowest BCUT2D eigenvalue weighted by Gasteiger charge is -2.42. The number of esters is 1. The number of likely N-dealkylation sites (tertiary alicyclic amines) is 1. The van der Waals surface area contributed by atoms with E-state index in [9.17, 15) is 14.4 Å². The van der Waals surface area contributed by atoms with Gasteiger partial charge in [-0.1, -0.05) is 6.07 Å². The first-order chi connectivity index (χ1) is 16.9. The number of benzene rings is 1. The van der Waals surface area contributed by atoms with E-state index in [1.165, 1.54) is 14.2 Å². The van der Waals surface area contributed by atoms with Crippen molar-refractivity contribution in [2.24, 2.45) is 5.92 Å². The number of nitrogens with zero attached hydrogens (tertiary/aromatic N) is 3. The summed E-state index contributed by atoms with van der Waals surface area (Å²) in [6.07, 6.45) is 4.44. The summed E-state index contributed by atoms with van der Waals surface area (Å²) in [7, 11) is 4.74. The molecule has 2 amide bonds. The Hall–Kier alpha value is -3.62. The monoisotopic (exact) mass is 481 g/mol. The zero-order valence-corrected chi connectivity index (χ0v) is 20.5. The molecule has 2 aliphatic rings. The Labute approximate surface area is 205 Å². The Balaban J connectivity index is 1.74. The molecule has 0 N–H and O–H groups in total. The minimum Gasteiger partial charge on any atom is -0.493 e. The number of ether oxygens (including phenoxy) is 3. The first-order valence-corrected chi connectivity index (χ1v) is 11.8. The van der Waals surface area contributed by atoms with Crippen molar-refractivity contribution in [3.05, 3.63) is 53.3 Å². The van der Waals surface area contributed by atoms with Crippen LogP contribution in [0.1, 0.15) is 53.2 Å². The van der Waals surface area contributed by atoms with Gasteiger partial charge in [0.25, 0.3) is 5.91 Å². The number of amides is 2. The van der Waals surface area contributed by atoms with Crippen molar-refractivity contribution in [2.75, 3.05) is 41.0 Å². The van der Waals surface area contributed by atoms with E-state index in [0.717, 1.165) is 5.56 Å². The van der Waals surface area contributed by atoms with Gasteiger partial charge in [-0.05, 0) is 49.1 Å². The molecule has 0 unspecified atom stereocenters. The molecule has 4 rings (SSSR count). The highest BCUT2D eigenvalue weighted by molar-refractivity contribution is 6.02. The van der Waals surface area contributed by atoms with Crippen LogP contribution in [0.4, 0.5) is 0 Å². The molecule has 0 bridgehead atoms. The van der Waals surface area contributed by atoms with E-state index in [4.69, 9.17) is 14.2 Å². The van der Waals surface area contributed by atoms with E-state index in [1.54, 1.807) is 54.4 Å². The number of likely N-dealkylation sites (N-methyl/N-ethyl adjacent to an activating group) is 1. The normalized spacial score (nSPS) is 20.3. The molecule has 0 radical (unpaired) electrons. The summed E-state index contributed by atoms with van der Waals surface area (Å²) in [5, 5.41) is 0. The van der Waals surface area contributed by atoms with Gasteiger partial charge in [0.1, 0.15) is 0 Å². The number of hydrogen-bond acceptors (Lipinski definition) is 7. The molecule has 186 valence electrons. The van der Waals surface area contributed by atoms with Gasteiger partial charge in [-0.15, -0.1) is 0 Å². The minimum absolute atomic E-state index is 0.103. The molecule has 1 aromatic heterocycles. The van der Waals surface area contributed by atoms with Crippen LogP contribution < -0.4 is 9.47 Å². The van der Waals surface area contributed by atoms with Crippen molar-refractivity contribution in [2.45, 2.75) is 31.7 Å². The van der Waals surface area contributed by atoms with Gasteiger partial charge in [0, 0.05) is 38.1 Å². The SMILES string of the molecule is CCOC(=O)C1CCN(C(=O)[C@@H]2c3cc(OC)c(OC)cc3C(=O)N(C)[C@H]2c2cccnc2)CC1. The van der Waals surface area contributed by atoms with Gasteiger partial charge in [-0.2, -0.15) is 0 Å². The molecule has 9 nitrogen and oxygen atoms in total. The topological polar surface area (TPSA) is 98.3 Å². The van der Waals surface area contributed by atoms with Gasteiger partial charge >= 0.3 is 5.97 Å². The maximum atomic E-state index is 14.1. The molecule has 2 atom stereocenters. The summed E-state index contributed by atoms with van der Waals surface area (Å²) in [5.41, 5.74) is 1.77. The second kappa shape index (κ2) is 10.3. The van der Waals surface area contributed by atoms with E-state index < -0.39 is 12.0 Å². The van der Waals surface area contributed by atoms with Crippen LogP contribution in [0.2, 0.25) is 0 Å². The summed E-state index contributed by atoms with van der Waals surface area (Å²) in [6, 6.07) is 6.50. The van der Waals surface area contributed by atoms with Crippen molar-refractivity contribution in [3.63, 3.8) is 0 Å². The maximum absolute atomic E-state index is 14.1. The number of rotatable bonds is 6. The lowest BCUT2D eigenvalue weighted by atomic mass is 9.78. The number of hydrogen-bond donors (Lipinski definition) is 0. The molecule has 3 heterocycles. The Bertz CT molecular complexity index is 1100. The van der Waals surface area contributed by atoms with Crippen molar-refractivity contribution in [1.29, 1.82) is 0 Å². The highest BCUT2D eigenvalue weighted by atomic mass is 16.5. The first kappa shape index (κ1) is 24.5. The highest BCUT2D eigenvalue weighted by Crippen LogP contribution is 2.46. The van der Waals surface area contributed by atoms with Crippen molar-refractivity contribution >= 4 is 17.8 Å². The second-order valence-electron chi connectivity index (χ2n) is 8.77. The molecule has 35 heavy (non-hydrogen) atoms. The van der Waals surface area contributed by atoms with E-state index in [1.807, 2.05) is 6.07 Å². The molecular formula is C26H31N3O6. The molecular weight excluding hydrogens is 450 g/mol. The molecule has 2 aromatic rings. The summed E-state index contributed by atoms with van der Waals surface area (Å²) in [5.74, 6) is -0.523. The number of methoxy groups -OCH3 is 2. The summed E-state index contributed by atoms with van der Waals surface area (Å²) < 4.78 is 16.1. The van der Waals surface area contributed by atoms with Crippen molar-refractivity contribution < 1.29 is 28.6 Å². The van der Waals surface area contributed by atoms with Crippen LogP contribution in [0.3, 0.4) is 0 Å². The van der Waals surface area contributed by atoms with E-state index >= 15 is 0 Å². The molecule has 9 heteroatoms. The second-order valence-corrected chi connectivity index (χ2v) is 8.77. The van der Waals surface area contributed by atoms with Crippen LogP contribution in [-0.2, 0) is 14.3 Å². The van der Waals surface area contributed by atoms with Crippen LogP contribution in [0, 0.1) is 5.92 Å². The summed E-state index contributed by atoms with van der Waals surface area (Å²) in [6.45, 7) is 3.02. The number of carbonyl (C=O) groups excluding carboxylic acids is 3. The molecule has 2 aliphatic heterocycles. The lowest BCUT2D eigenvalue weighted by Crippen LogP contribution is -2.49. The van der Waals surface area contributed by atoms with E-state index in [-0.39, 0.29) is 23.7 Å². The molecule has 1 fully saturated rings. The molecule has 1 aromatic carbocycles. The van der Waals surface area contributed by atoms with E-state index in [2.05, 4.69) is 4.98 Å². The van der Waals surface area contributed by atoms with Gasteiger partial charge < -0.3 is 24.0 Å². The molecule has 0 saturated carbocycles. The largest absolute Gasteiger partial charge is 0.493 e.